The van der Waals surface area contributed by atoms with Gasteiger partial charge in [-0.05, 0) is 25.0 Å². The molecule has 2 atom stereocenters. The SMILES string of the molecule is CC(CNc1ccccc1)NC(=O)[C@@H](N)C(C)C. The average Bonchev–Trinajstić information content (AvgIpc) is 2.36. The van der Waals surface area contributed by atoms with Crippen LogP contribution in [0.5, 0.6) is 0 Å². The molecular formula is C14H23N3O. The fourth-order valence-electron chi connectivity index (χ4n) is 1.52. The van der Waals surface area contributed by atoms with Crippen LogP contribution in [0.1, 0.15) is 20.8 Å². The number of anilines is 1. The summed E-state index contributed by atoms with van der Waals surface area (Å²) in [7, 11) is 0. The van der Waals surface area contributed by atoms with Crippen LogP contribution in [0.4, 0.5) is 5.69 Å². The van der Waals surface area contributed by atoms with Crippen molar-refractivity contribution in [2.45, 2.75) is 32.9 Å². The zero-order valence-electron chi connectivity index (χ0n) is 11.3. The van der Waals surface area contributed by atoms with E-state index in [0.29, 0.717) is 6.54 Å². The molecule has 0 fully saturated rings. The Hall–Kier alpha value is -1.55. The smallest absolute Gasteiger partial charge is 0.237 e. The topological polar surface area (TPSA) is 67.1 Å². The van der Waals surface area contributed by atoms with Crippen molar-refractivity contribution in [1.82, 2.24) is 5.32 Å². The van der Waals surface area contributed by atoms with Crippen LogP contribution < -0.4 is 16.4 Å². The van der Waals surface area contributed by atoms with Crippen LogP contribution >= 0.6 is 0 Å². The summed E-state index contributed by atoms with van der Waals surface area (Å²) < 4.78 is 0. The summed E-state index contributed by atoms with van der Waals surface area (Å²) in [5, 5.41) is 6.17. The second-order valence-corrected chi connectivity index (χ2v) is 4.93. The molecule has 1 amide bonds. The third kappa shape index (κ3) is 4.75. The fraction of sp³-hybridized carbons (Fsp3) is 0.500. The van der Waals surface area contributed by atoms with Crippen LogP contribution in [0.3, 0.4) is 0 Å². The molecule has 100 valence electrons. The number of nitrogens with one attached hydrogen (secondary N) is 2. The van der Waals surface area contributed by atoms with E-state index in [4.69, 9.17) is 5.73 Å². The van der Waals surface area contributed by atoms with E-state index in [0.717, 1.165) is 5.69 Å². The molecule has 1 unspecified atom stereocenters. The van der Waals surface area contributed by atoms with Gasteiger partial charge in [-0.1, -0.05) is 32.0 Å². The van der Waals surface area contributed by atoms with Gasteiger partial charge in [-0.3, -0.25) is 4.79 Å². The molecule has 0 aromatic heterocycles. The van der Waals surface area contributed by atoms with Crippen LogP contribution in [0.15, 0.2) is 30.3 Å². The number of carbonyl (C=O) groups excluding carboxylic acids is 1. The van der Waals surface area contributed by atoms with Crippen LogP contribution in [-0.2, 0) is 4.79 Å². The maximum Gasteiger partial charge on any atom is 0.237 e. The lowest BCUT2D eigenvalue weighted by Crippen LogP contribution is -2.48. The first-order valence-electron chi connectivity index (χ1n) is 6.35. The van der Waals surface area contributed by atoms with E-state index < -0.39 is 6.04 Å². The van der Waals surface area contributed by atoms with Crippen LogP contribution in [-0.4, -0.2) is 24.5 Å². The highest BCUT2D eigenvalue weighted by Crippen LogP contribution is 2.04. The predicted octanol–water partition coefficient (Wildman–Crippen LogP) is 1.59. The fourth-order valence-corrected chi connectivity index (χ4v) is 1.52. The summed E-state index contributed by atoms with van der Waals surface area (Å²) in [4.78, 5) is 11.7. The Labute approximate surface area is 109 Å². The van der Waals surface area contributed by atoms with Gasteiger partial charge in [-0.15, -0.1) is 0 Å². The number of benzene rings is 1. The number of hydrogen-bond acceptors (Lipinski definition) is 3. The Bertz CT molecular complexity index is 365. The Morgan fingerprint density at radius 2 is 1.83 bits per heavy atom. The van der Waals surface area contributed by atoms with E-state index >= 15 is 0 Å². The minimum Gasteiger partial charge on any atom is -0.383 e. The summed E-state index contributed by atoms with van der Waals surface area (Å²) in [5.41, 5.74) is 6.83. The Balaban J connectivity index is 2.34. The molecule has 0 aliphatic carbocycles. The number of amides is 1. The normalized spacial score (nSPS) is 14.1. The lowest BCUT2D eigenvalue weighted by Gasteiger charge is -2.20. The third-order valence-electron chi connectivity index (χ3n) is 2.80. The third-order valence-corrected chi connectivity index (χ3v) is 2.80. The molecule has 0 spiro atoms. The highest BCUT2D eigenvalue weighted by molar-refractivity contribution is 5.82. The lowest BCUT2D eigenvalue weighted by atomic mass is 10.0. The van der Waals surface area contributed by atoms with E-state index in [-0.39, 0.29) is 17.9 Å². The number of hydrogen-bond donors (Lipinski definition) is 3. The molecule has 4 nitrogen and oxygen atoms in total. The van der Waals surface area contributed by atoms with Crippen LogP contribution in [0.2, 0.25) is 0 Å². The Morgan fingerprint density at radius 3 is 2.39 bits per heavy atom. The van der Waals surface area contributed by atoms with Gasteiger partial charge in [0.2, 0.25) is 5.91 Å². The molecule has 4 heteroatoms. The highest BCUT2D eigenvalue weighted by atomic mass is 16.2. The molecule has 0 aliphatic heterocycles. The quantitative estimate of drug-likeness (QED) is 0.717. The van der Waals surface area contributed by atoms with Crippen molar-refractivity contribution in [3.8, 4) is 0 Å². The first-order chi connectivity index (χ1) is 8.50. The molecule has 0 heterocycles. The first-order valence-corrected chi connectivity index (χ1v) is 6.35. The van der Waals surface area contributed by atoms with Crippen molar-refractivity contribution < 1.29 is 4.79 Å². The van der Waals surface area contributed by atoms with Gasteiger partial charge in [0, 0.05) is 18.3 Å². The molecule has 18 heavy (non-hydrogen) atoms. The predicted molar refractivity (Wildman–Crippen MR) is 75.3 cm³/mol. The van der Waals surface area contributed by atoms with E-state index in [9.17, 15) is 4.79 Å². The summed E-state index contributed by atoms with van der Waals surface area (Å²) in [6.45, 7) is 6.52. The molecule has 0 saturated carbocycles. The van der Waals surface area contributed by atoms with Gasteiger partial charge in [0.05, 0.1) is 6.04 Å². The lowest BCUT2D eigenvalue weighted by molar-refractivity contribution is -0.123. The standard InChI is InChI=1S/C14H23N3O/c1-10(2)13(15)14(18)17-11(3)9-16-12-7-5-4-6-8-12/h4-8,10-11,13,16H,9,15H2,1-3H3,(H,17,18)/t11?,13-/m0/s1. The van der Waals surface area contributed by atoms with E-state index in [1.165, 1.54) is 0 Å². The Morgan fingerprint density at radius 1 is 1.22 bits per heavy atom. The largest absolute Gasteiger partial charge is 0.383 e. The van der Waals surface area contributed by atoms with Crippen molar-refractivity contribution in [1.29, 1.82) is 0 Å². The summed E-state index contributed by atoms with van der Waals surface area (Å²) >= 11 is 0. The summed E-state index contributed by atoms with van der Waals surface area (Å²) in [5.74, 6) is 0.0617. The maximum absolute atomic E-state index is 11.7. The van der Waals surface area contributed by atoms with Crippen molar-refractivity contribution in [2.24, 2.45) is 11.7 Å². The molecule has 1 rings (SSSR count). The molecular weight excluding hydrogens is 226 g/mol. The van der Waals surface area contributed by atoms with Gasteiger partial charge in [0.25, 0.3) is 0 Å². The van der Waals surface area contributed by atoms with Crippen molar-refractivity contribution in [2.75, 3.05) is 11.9 Å². The molecule has 0 radical (unpaired) electrons. The minimum absolute atomic E-state index is 0.0440. The van der Waals surface area contributed by atoms with Crippen molar-refractivity contribution in [3.63, 3.8) is 0 Å². The van der Waals surface area contributed by atoms with Gasteiger partial charge in [-0.25, -0.2) is 0 Å². The zero-order chi connectivity index (χ0) is 13.5. The molecule has 4 N–H and O–H groups in total. The number of para-hydroxylation sites is 1. The van der Waals surface area contributed by atoms with E-state index in [2.05, 4.69) is 10.6 Å². The second-order valence-electron chi connectivity index (χ2n) is 4.93. The van der Waals surface area contributed by atoms with E-state index in [1.807, 2.05) is 51.1 Å². The molecule has 1 aromatic carbocycles. The molecule has 1 aromatic rings. The van der Waals surface area contributed by atoms with Crippen molar-refractivity contribution >= 4 is 11.6 Å². The second kappa shape index (κ2) is 7.01. The minimum atomic E-state index is -0.441. The summed E-state index contributed by atoms with van der Waals surface area (Å²) in [6.07, 6.45) is 0. The number of rotatable bonds is 6. The maximum atomic E-state index is 11.7. The van der Waals surface area contributed by atoms with Gasteiger partial charge in [-0.2, -0.15) is 0 Å². The van der Waals surface area contributed by atoms with Gasteiger partial charge >= 0.3 is 0 Å². The number of nitrogens with two attached hydrogens (primary N) is 1. The number of carbonyl (C=O) groups is 1. The van der Waals surface area contributed by atoms with Gasteiger partial charge < -0.3 is 16.4 Å². The molecule has 0 saturated heterocycles. The average molecular weight is 249 g/mol. The highest BCUT2D eigenvalue weighted by Gasteiger charge is 2.18. The van der Waals surface area contributed by atoms with Gasteiger partial charge in [0.1, 0.15) is 0 Å². The van der Waals surface area contributed by atoms with Crippen LogP contribution in [0, 0.1) is 5.92 Å². The first kappa shape index (κ1) is 14.5. The molecule has 0 aliphatic rings. The zero-order valence-corrected chi connectivity index (χ0v) is 11.3. The van der Waals surface area contributed by atoms with Crippen LogP contribution in [0.25, 0.3) is 0 Å². The monoisotopic (exact) mass is 249 g/mol. The van der Waals surface area contributed by atoms with Gasteiger partial charge in [0.15, 0.2) is 0 Å². The van der Waals surface area contributed by atoms with E-state index in [1.54, 1.807) is 0 Å². The Kier molecular flexibility index (Phi) is 5.65. The molecule has 0 bridgehead atoms. The van der Waals surface area contributed by atoms with Crippen molar-refractivity contribution in [3.05, 3.63) is 30.3 Å². The summed E-state index contributed by atoms with van der Waals surface area (Å²) in [6, 6.07) is 9.51.